The molecule has 1 aromatic heterocycles. The summed E-state index contributed by atoms with van der Waals surface area (Å²) >= 11 is 0. The number of aromatic hydroxyl groups is 1. The van der Waals surface area contributed by atoms with E-state index in [4.69, 9.17) is 0 Å². The first-order valence-corrected chi connectivity index (χ1v) is 6.45. The Hall–Kier alpha value is -1.25. The molecule has 0 fully saturated rings. The van der Waals surface area contributed by atoms with Gasteiger partial charge in [-0.05, 0) is 12.3 Å². The first kappa shape index (κ1) is 13.8. The van der Waals surface area contributed by atoms with Crippen LogP contribution in [0.25, 0.3) is 0 Å². The zero-order chi connectivity index (χ0) is 12.8. The predicted molar refractivity (Wildman–Crippen MR) is 70.5 cm³/mol. The topological polar surface area (TPSA) is 42.2 Å². The number of hydrogen-bond donors (Lipinski definition) is 1. The Morgan fingerprint density at radius 1 is 1.35 bits per heavy atom. The Morgan fingerprint density at radius 2 is 2.06 bits per heavy atom. The fourth-order valence-electron chi connectivity index (χ4n) is 2.05. The van der Waals surface area contributed by atoms with E-state index >= 15 is 0 Å². The quantitative estimate of drug-likeness (QED) is 0.772. The summed E-state index contributed by atoms with van der Waals surface area (Å²) in [4.78, 5) is 11.3. The Bertz CT molecular complexity index is 409. The number of rotatable bonds is 6. The molecule has 96 valence electrons. The largest absolute Gasteiger partial charge is 0.507 e. The Balaban J connectivity index is 2.65. The number of pyridine rings is 1. The molecule has 0 bridgehead atoms. The molecule has 0 saturated heterocycles. The second kappa shape index (κ2) is 6.48. The van der Waals surface area contributed by atoms with Gasteiger partial charge in [0, 0.05) is 24.9 Å². The molecule has 1 N–H and O–H groups in total. The minimum atomic E-state index is -0.163. The lowest BCUT2D eigenvalue weighted by molar-refractivity contribution is 0.453. The number of aromatic nitrogens is 1. The van der Waals surface area contributed by atoms with Crippen LogP contribution in [-0.2, 0) is 7.05 Å². The standard InChI is InChI=1S/C14H23NO2/c1-4-5-6-7-8-11(2)12-10-15(3)14(17)9-13(12)16/h9-11,16H,4-8H2,1-3H3. The second-order valence-electron chi connectivity index (χ2n) is 4.81. The van der Waals surface area contributed by atoms with Crippen molar-refractivity contribution in [2.24, 2.45) is 7.05 Å². The van der Waals surface area contributed by atoms with Crippen LogP contribution in [0, 0.1) is 0 Å². The summed E-state index contributed by atoms with van der Waals surface area (Å²) in [7, 11) is 1.72. The van der Waals surface area contributed by atoms with Crippen LogP contribution in [0.1, 0.15) is 57.4 Å². The van der Waals surface area contributed by atoms with Gasteiger partial charge in [-0.15, -0.1) is 0 Å². The summed E-state index contributed by atoms with van der Waals surface area (Å²) in [5.41, 5.74) is 0.716. The smallest absolute Gasteiger partial charge is 0.253 e. The van der Waals surface area contributed by atoms with Crippen molar-refractivity contribution in [3.8, 4) is 5.75 Å². The fraction of sp³-hybridized carbons (Fsp3) is 0.643. The van der Waals surface area contributed by atoms with E-state index in [2.05, 4.69) is 13.8 Å². The highest BCUT2D eigenvalue weighted by atomic mass is 16.3. The van der Waals surface area contributed by atoms with E-state index in [1.54, 1.807) is 13.2 Å². The lowest BCUT2D eigenvalue weighted by atomic mass is 9.95. The molecule has 3 heteroatoms. The van der Waals surface area contributed by atoms with Crippen molar-refractivity contribution in [1.82, 2.24) is 4.57 Å². The molecule has 1 heterocycles. The molecule has 1 unspecified atom stereocenters. The highest BCUT2D eigenvalue weighted by molar-refractivity contribution is 5.31. The molecular weight excluding hydrogens is 214 g/mol. The minimum Gasteiger partial charge on any atom is -0.507 e. The van der Waals surface area contributed by atoms with Gasteiger partial charge < -0.3 is 9.67 Å². The average Bonchev–Trinajstić information content (AvgIpc) is 2.29. The summed E-state index contributed by atoms with van der Waals surface area (Å²) in [5, 5.41) is 9.78. The van der Waals surface area contributed by atoms with Gasteiger partial charge in [0.05, 0.1) is 0 Å². The summed E-state index contributed by atoms with van der Waals surface area (Å²) in [6.45, 7) is 4.30. The van der Waals surface area contributed by atoms with Gasteiger partial charge in [-0.3, -0.25) is 4.79 Å². The third-order valence-corrected chi connectivity index (χ3v) is 3.26. The predicted octanol–water partition coefficient (Wildman–Crippen LogP) is 3.16. The molecule has 0 amide bonds. The number of hydrogen-bond acceptors (Lipinski definition) is 2. The van der Waals surface area contributed by atoms with Gasteiger partial charge in [0.1, 0.15) is 5.75 Å². The van der Waals surface area contributed by atoms with Gasteiger partial charge >= 0.3 is 0 Å². The van der Waals surface area contributed by atoms with Crippen molar-refractivity contribution in [2.45, 2.75) is 51.9 Å². The minimum absolute atomic E-state index is 0.135. The van der Waals surface area contributed by atoms with Crippen LogP contribution >= 0.6 is 0 Å². The maximum absolute atomic E-state index is 11.3. The summed E-state index contributed by atoms with van der Waals surface area (Å²) in [6.07, 6.45) is 7.74. The van der Waals surface area contributed by atoms with E-state index in [0.29, 0.717) is 5.92 Å². The fourth-order valence-corrected chi connectivity index (χ4v) is 2.05. The first-order chi connectivity index (χ1) is 8.06. The van der Waals surface area contributed by atoms with E-state index in [1.807, 2.05) is 0 Å². The zero-order valence-corrected chi connectivity index (χ0v) is 11.1. The van der Waals surface area contributed by atoms with Crippen LogP contribution in [0.15, 0.2) is 17.1 Å². The SMILES string of the molecule is CCCCCCC(C)c1cn(C)c(=O)cc1O. The zero-order valence-electron chi connectivity index (χ0n) is 11.1. The number of unbranched alkanes of at least 4 members (excludes halogenated alkanes) is 3. The van der Waals surface area contributed by atoms with Crippen LogP contribution in [0.5, 0.6) is 5.75 Å². The van der Waals surface area contributed by atoms with Gasteiger partial charge in [0.2, 0.25) is 0 Å². The Labute approximate surface area is 103 Å². The lowest BCUT2D eigenvalue weighted by Gasteiger charge is -2.14. The van der Waals surface area contributed by atoms with E-state index in [0.717, 1.165) is 12.0 Å². The molecule has 0 aliphatic rings. The van der Waals surface area contributed by atoms with Crippen molar-refractivity contribution >= 4 is 0 Å². The van der Waals surface area contributed by atoms with Crippen LogP contribution < -0.4 is 5.56 Å². The molecule has 0 aromatic carbocycles. The van der Waals surface area contributed by atoms with Gasteiger partial charge in [-0.25, -0.2) is 0 Å². The number of nitrogens with zero attached hydrogens (tertiary/aromatic N) is 1. The summed E-state index contributed by atoms with van der Waals surface area (Å²) < 4.78 is 1.53. The van der Waals surface area contributed by atoms with Crippen molar-refractivity contribution in [1.29, 1.82) is 0 Å². The molecule has 1 atom stereocenters. The van der Waals surface area contributed by atoms with Gasteiger partial charge in [0.25, 0.3) is 5.56 Å². The van der Waals surface area contributed by atoms with Crippen LogP contribution in [0.4, 0.5) is 0 Å². The maximum atomic E-state index is 11.3. The summed E-state index contributed by atoms with van der Waals surface area (Å²) in [6, 6.07) is 1.30. The average molecular weight is 237 g/mol. The molecule has 1 aromatic rings. The van der Waals surface area contributed by atoms with Crippen molar-refractivity contribution in [2.75, 3.05) is 0 Å². The van der Waals surface area contributed by atoms with E-state index < -0.39 is 0 Å². The maximum Gasteiger partial charge on any atom is 0.253 e. The molecule has 0 aliphatic heterocycles. The third kappa shape index (κ3) is 3.91. The Morgan fingerprint density at radius 3 is 2.71 bits per heavy atom. The van der Waals surface area contributed by atoms with E-state index in [-0.39, 0.29) is 11.3 Å². The van der Waals surface area contributed by atoms with Crippen molar-refractivity contribution in [3.63, 3.8) is 0 Å². The van der Waals surface area contributed by atoms with Crippen LogP contribution in [-0.4, -0.2) is 9.67 Å². The Kier molecular flexibility index (Phi) is 5.26. The van der Waals surface area contributed by atoms with Crippen LogP contribution in [0.3, 0.4) is 0 Å². The van der Waals surface area contributed by atoms with Gasteiger partial charge in [-0.2, -0.15) is 0 Å². The molecule has 1 rings (SSSR count). The van der Waals surface area contributed by atoms with Gasteiger partial charge in [0.15, 0.2) is 0 Å². The van der Waals surface area contributed by atoms with Gasteiger partial charge in [-0.1, -0.05) is 39.5 Å². The molecule has 3 nitrogen and oxygen atoms in total. The third-order valence-electron chi connectivity index (χ3n) is 3.26. The van der Waals surface area contributed by atoms with Crippen molar-refractivity contribution < 1.29 is 5.11 Å². The highest BCUT2D eigenvalue weighted by Crippen LogP contribution is 2.27. The van der Waals surface area contributed by atoms with Crippen LogP contribution in [0.2, 0.25) is 0 Å². The normalized spacial score (nSPS) is 12.6. The molecule has 17 heavy (non-hydrogen) atoms. The molecule has 0 saturated carbocycles. The molecule has 0 spiro atoms. The monoisotopic (exact) mass is 237 g/mol. The number of aryl methyl sites for hydroxylation is 1. The first-order valence-electron chi connectivity index (χ1n) is 6.45. The molecular formula is C14H23NO2. The molecule has 0 radical (unpaired) electrons. The highest BCUT2D eigenvalue weighted by Gasteiger charge is 2.11. The second-order valence-corrected chi connectivity index (χ2v) is 4.81. The van der Waals surface area contributed by atoms with E-state index in [1.165, 1.54) is 36.3 Å². The lowest BCUT2D eigenvalue weighted by Crippen LogP contribution is -2.16. The van der Waals surface area contributed by atoms with Crippen molar-refractivity contribution in [3.05, 3.63) is 28.2 Å². The molecule has 0 aliphatic carbocycles. The van der Waals surface area contributed by atoms with E-state index in [9.17, 15) is 9.90 Å². The summed E-state index contributed by atoms with van der Waals surface area (Å²) in [5.74, 6) is 0.440.